The predicted octanol–water partition coefficient (Wildman–Crippen LogP) is 6.28. The van der Waals surface area contributed by atoms with Crippen LogP contribution in [0.5, 0.6) is 0 Å². The maximum absolute atomic E-state index is 12.3. The van der Waals surface area contributed by atoms with Crippen LogP contribution >= 0.6 is 15.9 Å². The second-order valence-electron chi connectivity index (χ2n) is 14.4. The first-order chi connectivity index (χ1) is 25.0. The van der Waals surface area contributed by atoms with Crippen molar-refractivity contribution >= 4 is 51.7 Å². The number of pyridine rings is 2. The van der Waals surface area contributed by atoms with Gasteiger partial charge in [-0.05, 0) is 75.2 Å². The Morgan fingerprint density at radius 2 is 1.04 bits per heavy atom. The van der Waals surface area contributed by atoms with Gasteiger partial charge in [-0.1, -0.05) is 30.3 Å². The van der Waals surface area contributed by atoms with Crippen LogP contribution in [0.2, 0.25) is 0 Å². The van der Waals surface area contributed by atoms with Gasteiger partial charge >= 0.3 is 24.1 Å². The molecule has 4 heterocycles. The molecule has 2 fully saturated rings. The molecule has 0 unspecified atom stereocenters. The van der Waals surface area contributed by atoms with Gasteiger partial charge in [0.1, 0.15) is 22.8 Å². The van der Waals surface area contributed by atoms with Crippen LogP contribution in [0.25, 0.3) is 11.1 Å². The summed E-state index contributed by atoms with van der Waals surface area (Å²) in [4.78, 5) is 64.4. The Balaban J connectivity index is 0.000000241. The van der Waals surface area contributed by atoms with Crippen molar-refractivity contribution in [2.45, 2.75) is 52.7 Å². The minimum absolute atomic E-state index is 0.296. The van der Waals surface area contributed by atoms with E-state index in [2.05, 4.69) is 40.4 Å². The second kappa shape index (κ2) is 17.7. The Hall–Kier alpha value is -4.92. The van der Waals surface area contributed by atoms with Gasteiger partial charge in [-0.25, -0.2) is 29.1 Å². The zero-order chi connectivity index (χ0) is 38.9. The molecule has 14 nitrogen and oxygen atoms in total. The molecule has 0 saturated carbocycles. The molecule has 286 valence electrons. The summed E-state index contributed by atoms with van der Waals surface area (Å²) in [6.45, 7) is 15.9. The second-order valence-corrected chi connectivity index (χ2v) is 15.2. The number of benzene rings is 1. The van der Waals surface area contributed by atoms with Gasteiger partial charge in [-0.3, -0.25) is 0 Å². The fraction of sp³-hybridized carbons (Fsp3) is 0.474. The normalized spacial score (nSPS) is 14.8. The molecule has 2 saturated heterocycles. The van der Waals surface area contributed by atoms with Crippen LogP contribution in [0.15, 0.2) is 59.3 Å². The number of anilines is 2. The van der Waals surface area contributed by atoms with Crippen LogP contribution in [-0.4, -0.2) is 122 Å². The van der Waals surface area contributed by atoms with Crippen molar-refractivity contribution in [1.29, 1.82) is 0 Å². The molecular weight excluding hydrogens is 748 g/mol. The Morgan fingerprint density at radius 3 is 1.45 bits per heavy atom. The summed E-state index contributed by atoms with van der Waals surface area (Å²) in [5, 5.41) is 0. The average Bonchev–Trinajstić information content (AvgIpc) is 3.13. The molecule has 2 aliphatic heterocycles. The van der Waals surface area contributed by atoms with Crippen molar-refractivity contribution in [2.75, 3.05) is 76.4 Å². The van der Waals surface area contributed by atoms with Gasteiger partial charge < -0.3 is 38.5 Å². The van der Waals surface area contributed by atoms with Gasteiger partial charge in [-0.15, -0.1) is 0 Å². The van der Waals surface area contributed by atoms with Gasteiger partial charge in [0, 0.05) is 70.3 Å². The molecule has 3 aromatic rings. The molecule has 0 aliphatic carbocycles. The van der Waals surface area contributed by atoms with E-state index in [-0.39, 0.29) is 12.2 Å². The summed E-state index contributed by atoms with van der Waals surface area (Å²) >= 11 is 3.45. The van der Waals surface area contributed by atoms with Crippen molar-refractivity contribution in [3.05, 3.63) is 70.5 Å². The van der Waals surface area contributed by atoms with E-state index in [0.717, 1.165) is 27.2 Å². The fourth-order valence-electron chi connectivity index (χ4n) is 5.52. The van der Waals surface area contributed by atoms with E-state index in [1.54, 1.807) is 15.9 Å². The third kappa shape index (κ3) is 11.5. The monoisotopic (exact) mass is 796 g/mol. The number of nitrogens with zero attached hydrogens (tertiary/aromatic N) is 6. The first-order valence-corrected chi connectivity index (χ1v) is 18.1. The van der Waals surface area contributed by atoms with Crippen LogP contribution in [0.3, 0.4) is 0 Å². The minimum Gasteiger partial charge on any atom is -0.465 e. The lowest BCUT2D eigenvalue weighted by molar-refractivity contribution is 0.0230. The molecule has 0 radical (unpaired) electrons. The zero-order valence-electron chi connectivity index (χ0n) is 31.7. The Morgan fingerprint density at radius 1 is 0.623 bits per heavy atom. The molecule has 15 heteroatoms. The van der Waals surface area contributed by atoms with E-state index in [0.29, 0.717) is 63.5 Å². The van der Waals surface area contributed by atoms with Gasteiger partial charge in [0.25, 0.3) is 0 Å². The number of carbonyl (C=O) groups excluding carboxylic acids is 4. The highest BCUT2D eigenvalue weighted by molar-refractivity contribution is 9.10. The van der Waals surface area contributed by atoms with Gasteiger partial charge in [0.05, 0.1) is 29.8 Å². The quantitative estimate of drug-likeness (QED) is 0.212. The molecule has 0 atom stereocenters. The first-order valence-electron chi connectivity index (χ1n) is 17.3. The van der Waals surface area contributed by atoms with E-state index in [1.165, 1.54) is 26.6 Å². The molecule has 1 aromatic carbocycles. The lowest BCUT2D eigenvalue weighted by Gasteiger charge is -2.36. The van der Waals surface area contributed by atoms with Crippen molar-refractivity contribution in [3.8, 4) is 11.1 Å². The molecule has 2 aliphatic rings. The Kier molecular flexibility index (Phi) is 13.7. The van der Waals surface area contributed by atoms with Gasteiger partial charge in [0.2, 0.25) is 0 Å². The fourth-order valence-corrected chi connectivity index (χ4v) is 6.12. The summed E-state index contributed by atoms with van der Waals surface area (Å²) in [5.41, 5.74) is 1.61. The van der Waals surface area contributed by atoms with Crippen molar-refractivity contribution in [1.82, 2.24) is 19.8 Å². The highest BCUT2D eigenvalue weighted by Crippen LogP contribution is 2.31. The molecule has 2 aromatic heterocycles. The number of esters is 2. The summed E-state index contributed by atoms with van der Waals surface area (Å²) in [7, 11) is 2.69. The van der Waals surface area contributed by atoms with Gasteiger partial charge in [-0.2, -0.15) is 0 Å². The maximum Gasteiger partial charge on any atom is 0.410 e. The number of methoxy groups -OCH3 is 2. The number of halogens is 1. The van der Waals surface area contributed by atoms with E-state index in [4.69, 9.17) is 14.2 Å². The van der Waals surface area contributed by atoms with Crippen molar-refractivity contribution in [2.24, 2.45) is 0 Å². The number of rotatable bonds is 5. The van der Waals surface area contributed by atoms with Crippen LogP contribution in [0, 0.1) is 0 Å². The van der Waals surface area contributed by atoms with E-state index < -0.39 is 23.1 Å². The lowest BCUT2D eigenvalue weighted by atomic mass is 10.0. The van der Waals surface area contributed by atoms with Crippen LogP contribution in [0.1, 0.15) is 62.3 Å². The summed E-state index contributed by atoms with van der Waals surface area (Å²) in [6, 6.07) is 13.3. The van der Waals surface area contributed by atoms with Crippen molar-refractivity contribution in [3.63, 3.8) is 0 Å². The average molecular weight is 798 g/mol. The van der Waals surface area contributed by atoms with E-state index >= 15 is 0 Å². The highest BCUT2D eigenvalue weighted by atomic mass is 79.9. The van der Waals surface area contributed by atoms with Crippen LogP contribution in [0.4, 0.5) is 21.2 Å². The smallest absolute Gasteiger partial charge is 0.410 e. The molecule has 5 rings (SSSR count). The standard InChI is InChI=1S/C22H27N3O4.C16H22BrN3O4/c1-22(2,3)29-21(27)25-12-10-24(11-13-25)19-18(16-8-6-5-7-9-16)14-17(15-23-19)20(26)28-4;1-16(2,3)24-15(22)20-7-5-19(6-8-20)13-12(17)9-11(10-18-13)14(21)23-4/h5-9,14-15H,10-13H2,1-4H3;9-10H,5-8H2,1-4H3. The third-order valence-corrected chi connectivity index (χ3v) is 8.66. The van der Waals surface area contributed by atoms with E-state index in [1.807, 2.05) is 77.9 Å². The number of ether oxygens (including phenoxy) is 4. The number of hydrogen-bond donors (Lipinski definition) is 0. The number of amides is 2. The van der Waals surface area contributed by atoms with E-state index in [9.17, 15) is 19.2 Å². The number of carbonyl (C=O) groups is 4. The Bertz CT molecular complexity index is 1750. The SMILES string of the molecule is COC(=O)c1cnc(N2CCN(C(=O)OC(C)(C)C)CC2)c(-c2ccccc2)c1.COC(=O)c1cnc(N2CCN(C(=O)OC(C)(C)C)CC2)c(Br)c1. The summed E-state index contributed by atoms with van der Waals surface area (Å²) in [6.07, 6.45) is 2.43. The minimum atomic E-state index is -0.514. The first kappa shape index (κ1) is 40.8. The summed E-state index contributed by atoms with van der Waals surface area (Å²) < 4.78 is 21.1. The number of hydrogen-bond acceptors (Lipinski definition) is 12. The lowest BCUT2D eigenvalue weighted by Crippen LogP contribution is -2.50. The summed E-state index contributed by atoms with van der Waals surface area (Å²) in [5.74, 6) is 0.680. The molecule has 0 bridgehead atoms. The number of piperazine rings is 2. The maximum atomic E-state index is 12.3. The van der Waals surface area contributed by atoms with Crippen molar-refractivity contribution < 1.29 is 38.1 Å². The van der Waals surface area contributed by atoms with Crippen LogP contribution in [-0.2, 0) is 18.9 Å². The highest BCUT2D eigenvalue weighted by Gasteiger charge is 2.29. The van der Waals surface area contributed by atoms with Crippen LogP contribution < -0.4 is 9.80 Å². The Labute approximate surface area is 319 Å². The van der Waals surface area contributed by atoms with Gasteiger partial charge in [0.15, 0.2) is 0 Å². The third-order valence-electron chi connectivity index (χ3n) is 8.08. The molecule has 2 amide bonds. The molecule has 0 N–H and O–H groups in total. The predicted molar refractivity (Wildman–Crippen MR) is 204 cm³/mol. The largest absolute Gasteiger partial charge is 0.465 e. The topological polar surface area (TPSA) is 144 Å². The molecular formula is C38H49BrN6O8. The molecule has 0 spiro atoms. The number of aromatic nitrogens is 2. The molecule has 53 heavy (non-hydrogen) atoms. The zero-order valence-corrected chi connectivity index (χ0v) is 33.3.